The van der Waals surface area contributed by atoms with Crippen LogP contribution in [0, 0.1) is 0 Å². The first-order valence-corrected chi connectivity index (χ1v) is 6.46. The number of nitrogens with zero attached hydrogens (tertiary/aromatic N) is 2. The van der Waals surface area contributed by atoms with Crippen molar-refractivity contribution < 1.29 is 17.4 Å². The predicted octanol–water partition coefficient (Wildman–Crippen LogP) is -0.281. The second-order valence-corrected chi connectivity index (χ2v) is 5.43. The van der Waals surface area contributed by atoms with Crippen LogP contribution in [0.15, 0.2) is 0 Å². The van der Waals surface area contributed by atoms with Crippen LogP contribution in [0.5, 0.6) is 0 Å². The quantitative estimate of drug-likeness (QED) is 0.618. The van der Waals surface area contributed by atoms with Gasteiger partial charge in [0.05, 0.1) is 18.9 Å². The van der Waals surface area contributed by atoms with E-state index in [1.807, 2.05) is 0 Å². The molecule has 0 N–H and O–H groups in total. The average Bonchev–Trinajstić information content (AvgIpc) is 2.48. The van der Waals surface area contributed by atoms with Gasteiger partial charge in [0.1, 0.15) is 0 Å². The minimum Gasteiger partial charge on any atom is -0.331 e. The zero-order valence-electron chi connectivity index (χ0n) is 9.13. The van der Waals surface area contributed by atoms with E-state index < -0.39 is 16.2 Å². The van der Waals surface area contributed by atoms with Crippen molar-refractivity contribution in [1.29, 1.82) is 0 Å². The van der Waals surface area contributed by atoms with Crippen molar-refractivity contribution in [2.24, 2.45) is 0 Å². The number of rotatable bonds is 2. The molecule has 0 spiro atoms. The van der Waals surface area contributed by atoms with Gasteiger partial charge in [-0.2, -0.15) is 8.42 Å². The highest BCUT2D eigenvalue weighted by atomic mass is 32.2. The Labute approximate surface area is 89.9 Å². The van der Waals surface area contributed by atoms with E-state index in [9.17, 15) is 13.2 Å². The first-order chi connectivity index (χ1) is 6.79. The molecule has 1 aliphatic rings. The molecule has 1 saturated heterocycles. The molecule has 1 fully saturated rings. The van der Waals surface area contributed by atoms with E-state index in [4.69, 9.17) is 4.18 Å². The van der Waals surface area contributed by atoms with E-state index in [2.05, 4.69) is 0 Å². The summed E-state index contributed by atoms with van der Waals surface area (Å²) in [5, 5.41) is 0. The van der Waals surface area contributed by atoms with Gasteiger partial charge in [-0.05, 0) is 6.42 Å². The van der Waals surface area contributed by atoms with E-state index in [1.54, 1.807) is 19.0 Å². The lowest BCUT2D eigenvalue weighted by atomic mass is 10.3. The summed E-state index contributed by atoms with van der Waals surface area (Å²) < 4.78 is 26.5. The summed E-state index contributed by atoms with van der Waals surface area (Å²) in [5.41, 5.74) is 0. The Hall–Kier alpha value is -0.820. The van der Waals surface area contributed by atoms with Gasteiger partial charge in [-0.25, -0.2) is 4.79 Å². The van der Waals surface area contributed by atoms with Crippen LogP contribution >= 0.6 is 0 Å². The summed E-state index contributed by atoms with van der Waals surface area (Å²) in [6.45, 7) is 0.876. The second kappa shape index (κ2) is 4.36. The summed E-state index contributed by atoms with van der Waals surface area (Å²) in [6, 6.07) is -0.116. The smallest absolute Gasteiger partial charge is 0.319 e. The molecule has 1 aliphatic heterocycles. The average molecular weight is 236 g/mol. The highest BCUT2D eigenvalue weighted by Crippen LogP contribution is 2.15. The largest absolute Gasteiger partial charge is 0.331 e. The Morgan fingerprint density at radius 2 is 2.07 bits per heavy atom. The molecule has 15 heavy (non-hydrogen) atoms. The van der Waals surface area contributed by atoms with Gasteiger partial charge in [-0.3, -0.25) is 4.18 Å². The molecule has 1 rings (SSSR count). The number of hydrogen-bond acceptors (Lipinski definition) is 4. The number of urea groups is 1. The molecule has 0 unspecified atom stereocenters. The minimum atomic E-state index is -3.43. The molecule has 0 saturated carbocycles. The van der Waals surface area contributed by atoms with E-state index >= 15 is 0 Å². The summed E-state index contributed by atoms with van der Waals surface area (Å²) in [6.07, 6.45) is 1.18. The van der Waals surface area contributed by atoms with Gasteiger partial charge in [-0.15, -0.1) is 0 Å². The maximum absolute atomic E-state index is 11.5. The number of carbonyl (C=O) groups excluding carboxylic acids is 1. The minimum absolute atomic E-state index is 0.116. The van der Waals surface area contributed by atoms with Gasteiger partial charge in [0, 0.05) is 20.6 Å². The van der Waals surface area contributed by atoms with E-state index in [0.717, 1.165) is 6.26 Å². The van der Waals surface area contributed by atoms with Gasteiger partial charge >= 0.3 is 6.03 Å². The van der Waals surface area contributed by atoms with Gasteiger partial charge in [0.15, 0.2) is 0 Å². The molecule has 88 valence electrons. The molecule has 6 nitrogen and oxygen atoms in total. The second-order valence-electron chi connectivity index (χ2n) is 3.83. The van der Waals surface area contributed by atoms with Crippen molar-refractivity contribution in [3.8, 4) is 0 Å². The number of hydrogen-bond donors (Lipinski definition) is 0. The maximum atomic E-state index is 11.5. The highest BCUT2D eigenvalue weighted by Gasteiger charge is 2.29. The molecule has 1 heterocycles. The molecule has 7 heteroatoms. The van der Waals surface area contributed by atoms with E-state index in [0.29, 0.717) is 19.5 Å². The Morgan fingerprint density at radius 3 is 2.53 bits per heavy atom. The first-order valence-electron chi connectivity index (χ1n) is 4.64. The fraction of sp³-hybridized carbons (Fsp3) is 0.875. The third-order valence-electron chi connectivity index (χ3n) is 2.11. The molecular formula is C8H16N2O4S. The highest BCUT2D eigenvalue weighted by molar-refractivity contribution is 7.86. The number of likely N-dealkylation sites (tertiary alicyclic amines) is 1. The molecule has 0 aromatic rings. The Bertz CT molecular complexity index is 339. The lowest BCUT2D eigenvalue weighted by Gasteiger charge is -2.20. The fourth-order valence-corrected chi connectivity index (χ4v) is 2.16. The molecular weight excluding hydrogens is 220 g/mol. The third kappa shape index (κ3) is 3.67. The van der Waals surface area contributed by atoms with Crippen LogP contribution in [-0.2, 0) is 14.3 Å². The molecule has 0 radical (unpaired) electrons. The Kier molecular flexibility index (Phi) is 3.56. The fourth-order valence-electron chi connectivity index (χ4n) is 1.51. The number of amides is 2. The Morgan fingerprint density at radius 1 is 1.47 bits per heavy atom. The van der Waals surface area contributed by atoms with E-state index in [1.165, 1.54) is 4.90 Å². The van der Waals surface area contributed by atoms with Crippen LogP contribution in [0.25, 0.3) is 0 Å². The van der Waals surface area contributed by atoms with E-state index in [-0.39, 0.29) is 6.03 Å². The van der Waals surface area contributed by atoms with Crippen LogP contribution in [0.1, 0.15) is 6.42 Å². The van der Waals surface area contributed by atoms with Crippen molar-refractivity contribution in [3.05, 3.63) is 0 Å². The summed E-state index contributed by atoms with van der Waals surface area (Å²) >= 11 is 0. The Balaban J connectivity index is 2.50. The van der Waals surface area contributed by atoms with Crippen LogP contribution in [0.3, 0.4) is 0 Å². The van der Waals surface area contributed by atoms with Crippen molar-refractivity contribution in [3.63, 3.8) is 0 Å². The zero-order chi connectivity index (χ0) is 11.6. The topological polar surface area (TPSA) is 66.9 Å². The van der Waals surface area contributed by atoms with Crippen molar-refractivity contribution in [2.45, 2.75) is 12.5 Å². The van der Waals surface area contributed by atoms with Gasteiger partial charge in [0.2, 0.25) is 0 Å². The third-order valence-corrected chi connectivity index (χ3v) is 2.73. The number of carbonyl (C=O) groups is 1. The first kappa shape index (κ1) is 12.3. The van der Waals surface area contributed by atoms with Crippen LogP contribution < -0.4 is 0 Å². The molecule has 0 aromatic heterocycles. The molecule has 0 bridgehead atoms. The van der Waals surface area contributed by atoms with Crippen molar-refractivity contribution in [1.82, 2.24) is 9.80 Å². The van der Waals surface area contributed by atoms with Crippen LogP contribution in [0.2, 0.25) is 0 Å². The van der Waals surface area contributed by atoms with Crippen molar-refractivity contribution in [2.75, 3.05) is 33.4 Å². The van der Waals surface area contributed by atoms with Crippen LogP contribution in [0.4, 0.5) is 4.79 Å². The van der Waals surface area contributed by atoms with Gasteiger partial charge in [-0.1, -0.05) is 0 Å². The van der Waals surface area contributed by atoms with Crippen LogP contribution in [-0.4, -0.2) is 63.8 Å². The molecule has 1 atom stereocenters. The monoisotopic (exact) mass is 236 g/mol. The van der Waals surface area contributed by atoms with Gasteiger partial charge < -0.3 is 9.80 Å². The lowest BCUT2D eigenvalue weighted by Crippen LogP contribution is -2.38. The standard InChI is InChI=1S/C8H16N2O4S/c1-9(2)8(11)10-5-4-7(6-10)14-15(3,12)13/h7H,4-6H2,1-3H3/t7-/m1/s1. The lowest BCUT2D eigenvalue weighted by molar-refractivity contribution is 0.169. The summed E-state index contributed by atoms with van der Waals surface area (Å²) in [5.74, 6) is 0. The SMILES string of the molecule is CN(C)C(=O)N1CC[C@@H](OS(C)(=O)=O)C1. The molecule has 2 amide bonds. The molecule has 0 aliphatic carbocycles. The summed E-state index contributed by atoms with van der Waals surface area (Å²) in [7, 11) is -0.109. The molecule has 0 aromatic carbocycles. The normalized spacial score (nSPS) is 21.8. The van der Waals surface area contributed by atoms with Crippen molar-refractivity contribution >= 4 is 16.1 Å². The maximum Gasteiger partial charge on any atom is 0.319 e. The zero-order valence-corrected chi connectivity index (χ0v) is 9.95. The summed E-state index contributed by atoms with van der Waals surface area (Å²) in [4.78, 5) is 14.5. The van der Waals surface area contributed by atoms with Gasteiger partial charge in [0.25, 0.3) is 10.1 Å². The predicted molar refractivity (Wildman–Crippen MR) is 55.0 cm³/mol.